The van der Waals surface area contributed by atoms with Gasteiger partial charge in [0.25, 0.3) is 5.91 Å². The number of ether oxygens (including phenoxy) is 1. The second-order valence-electron chi connectivity index (χ2n) is 5.80. The van der Waals surface area contributed by atoms with Crippen LogP contribution in [-0.2, 0) is 11.2 Å². The number of nitrogens with one attached hydrogen (secondary N) is 1. The number of rotatable bonds is 8. The molecule has 0 saturated heterocycles. The Morgan fingerprint density at radius 2 is 2.14 bits per heavy atom. The zero-order valence-electron chi connectivity index (χ0n) is 13.3. The van der Waals surface area contributed by atoms with E-state index in [0.29, 0.717) is 12.3 Å². The van der Waals surface area contributed by atoms with Crippen LogP contribution in [-0.4, -0.2) is 55.3 Å². The van der Waals surface area contributed by atoms with Gasteiger partial charge in [-0.25, -0.2) is 0 Å². The number of likely N-dealkylation sites (N-methyl/N-ethyl adjacent to an activating group) is 1. The first-order valence-electron chi connectivity index (χ1n) is 7.18. The number of aliphatic hydroxyl groups is 1. The summed E-state index contributed by atoms with van der Waals surface area (Å²) in [6.45, 7) is 4.39. The van der Waals surface area contributed by atoms with Crippen LogP contribution in [0.2, 0.25) is 0 Å². The van der Waals surface area contributed by atoms with E-state index in [-0.39, 0.29) is 19.1 Å². The minimum Gasteiger partial charge on any atom is -0.484 e. The van der Waals surface area contributed by atoms with Crippen molar-refractivity contribution in [2.24, 2.45) is 0 Å². The summed E-state index contributed by atoms with van der Waals surface area (Å²) in [7, 11) is 3.75. The van der Waals surface area contributed by atoms with Crippen LogP contribution in [0.15, 0.2) is 24.3 Å². The monoisotopic (exact) mass is 294 g/mol. The van der Waals surface area contributed by atoms with Gasteiger partial charge in [0.05, 0.1) is 5.60 Å². The van der Waals surface area contributed by atoms with Crippen molar-refractivity contribution in [3.63, 3.8) is 0 Å². The standard InChI is InChI=1S/C16H26N2O3/c1-5-13-7-6-8-14(9-13)21-10-15(19)17-11-16(2,20)12-18(3)4/h6-9,20H,5,10-12H2,1-4H3,(H,17,19). The lowest BCUT2D eigenvalue weighted by Crippen LogP contribution is -2.47. The fraction of sp³-hybridized carbons (Fsp3) is 0.562. The van der Waals surface area contributed by atoms with Gasteiger partial charge in [-0.3, -0.25) is 4.79 Å². The second-order valence-corrected chi connectivity index (χ2v) is 5.80. The van der Waals surface area contributed by atoms with E-state index in [0.717, 1.165) is 6.42 Å². The summed E-state index contributed by atoms with van der Waals surface area (Å²) in [5.41, 5.74) is 0.211. The molecule has 1 unspecified atom stereocenters. The minimum absolute atomic E-state index is 0.0504. The lowest BCUT2D eigenvalue weighted by molar-refractivity contribution is -0.124. The Morgan fingerprint density at radius 3 is 2.76 bits per heavy atom. The molecule has 1 rings (SSSR count). The average molecular weight is 294 g/mol. The molecule has 0 heterocycles. The second kappa shape index (κ2) is 8.00. The van der Waals surface area contributed by atoms with Gasteiger partial charge in [0, 0.05) is 13.1 Å². The Balaban J connectivity index is 2.37. The molecule has 5 nitrogen and oxygen atoms in total. The van der Waals surface area contributed by atoms with Crippen LogP contribution >= 0.6 is 0 Å². The Labute approximate surface area is 126 Å². The third kappa shape index (κ3) is 7.11. The molecule has 0 bridgehead atoms. The summed E-state index contributed by atoms with van der Waals surface area (Å²) in [4.78, 5) is 13.6. The van der Waals surface area contributed by atoms with E-state index in [4.69, 9.17) is 4.74 Å². The van der Waals surface area contributed by atoms with E-state index < -0.39 is 5.60 Å². The lowest BCUT2D eigenvalue weighted by Gasteiger charge is -2.27. The van der Waals surface area contributed by atoms with Crippen molar-refractivity contribution >= 4 is 5.91 Å². The highest BCUT2D eigenvalue weighted by Crippen LogP contribution is 2.13. The van der Waals surface area contributed by atoms with Gasteiger partial charge in [-0.15, -0.1) is 0 Å². The van der Waals surface area contributed by atoms with Crippen molar-refractivity contribution in [1.29, 1.82) is 0 Å². The molecule has 0 aliphatic carbocycles. The molecular weight excluding hydrogens is 268 g/mol. The van der Waals surface area contributed by atoms with Gasteiger partial charge in [-0.2, -0.15) is 0 Å². The van der Waals surface area contributed by atoms with Crippen LogP contribution in [0.3, 0.4) is 0 Å². The number of hydrogen-bond donors (Lipinski definition) is 2. The smallest absolute Gasteiger partial charge is 0.258 e. The van der Waals surface area contributed by atoms with E-state index in [1.165, 1.54) is 5.56 Å². The Bertz CT molecular complexity index is 459. The third-order valence-electron chi connectivity index (χ3n) is 3.00. The maximum absolute atomic E-state index is 11.7. The predicted octanol–water partition coefficient (Wildman–Crippen LogP) is 1.06. The largest absolute Gasteiger partial charge is 0.484 e. The first-order valence-corrected chi connectivity index (χ1v) is 7.18. The summed E-state index contributed by atoms with van der Waals surface area (Å²) in [5.74, 6) is 0.445. The normalized spacial score (nSPS) is 13.8. The van der Waals surface area contributed by atoms with Gasteiger partial charge >= 0.3 is 0 Å². The van der Waals surface area contributed by atoms with Gasteiger partial charge in [0.2, 0.25) is 0 Å². The highest BCUT2D eigenvalue weighted by molar-refractivity contribution is 5.77. The topological polar surface area (TPSA) is 61.8 Å². The molecule has 118 valence electrons. The number of aryl methyl sites for hydroxylation is 1. The van der Waals surface area contributed by atoms with E-state index >= 15 is 0 Å². The van der Waals surface area contributed by atoms with Crippen molar-refractivity contribution in [3.05, 3.63) is 29.8 Å². The molecule has 0 fully saturated rings. The van der Waals surface area contributed by atoms with E-state index in [2.05, 4.69) is 12.2 Å². The first kappa shape index (κ1) is 17.5. The molecule has 0 aromatic heterocycles. The van der Waals surface area contributed by atoms with Crippen molar-refractivity contribution in [3.8, 4) is 5.75 Å². The van der Waals surface area contributed by atoms with Gasteiger partial charge in [0.1, 0.15) is 5.75 Å². The first-order chi connectivity index (χ1) is 9.82. The van der Waals surface area contributed by atoms with Gasteiger partial charge in [-0.1, -0.05) is 19.1 Å². The molecule has 1 amide bonds. The zero-order chi connectivity index (χ0) is 15.9. The van der Waals surface area contributed by atoms with E-state index in [1.54, 1.807) is 6.92 Å². The highest BCUT2D eigenvalue weighted by atomic mass is 16.5. The Hall–Kier alpha value is -1.59. The number of nitrogens with zero attached hydrogens (tertiary/aromatic N) is 1. The fourth-order valence-electron chi connectivity index (χ4n) is 2.08. The van der Waals surface area contributed by atoms with Gasteiger partial charge < -0.3 is 20.1 Å². The quantitative estimate of drug-likeness (QED) is 0.752. The Kier molecular flexibility index (Phi) is 6.65. The molecule has 1 aromatic rings. The summed E-state index contributed by atoms with van der Waals surface area (Å²) in [6, 6.07) is 7.68. The molecule has 0 aliphatic heterocycles. The number of carbonyl (C=O) groups is 1. The van der Waals surface area contributed by atoms with Crippen LogP contribution in [0.1, 0.15) is 19.4 Å². The van der Waals surface area contributed by atoms with Gasteiger partial charge in [-0.05, 0) is 45.1 Å². The van der Waals surface area contributed by atoms with Crippen LogP contribution in [0.25, 0.3) is 0 Å². The van der Waals surface area contributed by atoms with Crippen LogP contribution in [0, 0.1) is 0 Å². The average Bonchev–Trinajstić information content (AvgIpc) is 2.42. The van der Waals surface area contributed by atoms with Crippen LogP contribution in [0.4, 0.5) is 0 Å². The summed E-state index contributed by atoms with van der Waals surface area (Å²) < 4.78 is 5.45. The molecule has 0 saturated carbocycles. The predicted molar refractivity (Wildman–Crippen MR) is 83.5 cm³/mol. The molecule has 5 heteroatoms. The maximum Gasteiger partial charge on any atom is 0.258 e. The molecule has 21 heavy (non-hydrogen) atoms. The molecule has 1 atom stereocenters. The number of hydrogen-bond acceptors (Lipinski definition) is 4. The summed E-state index contributed by atoms with van der Waals surface area (Å²) >= 11 is 0. The Morgan fingerprint density at radius 1 is 1.43 bits per heavy atom. The van der Waals surface area contributed by atoms with Crippen molar-refractivity contribution in [2.45, 2.75) is 25.9 Å². The SMILES string of the molecule is CCc1cccc(OCC(=O)NCC(C)(O)CN(C)C)c1. The van der Waals surface area contributed by atoms with Crippen molar-refractivity contribution < 1.29 is 14.6 Å². The summed E-state index contributed by atoms with van der Waals surface area (Å²) in [6.07, 6.45) is 0.927. The van der Waals surface area contributed by atoms with Gasteiger partial charge in [0.15, 0.2) is 6.61 Å². The van der Waals surface area contributed by atoms with Crippen LogP contribution < -0.4 is 10.1 Å². The van der Waals surface area contributed by atoms with Crippen molar-refractivity contribution in [1.82, 2.24) is 10.2 Å². The third-order valence-corrected chi connectivity index (χ3v) is 3.00. The van der Waals surface area contributed by atoms with E-state index in [9.17, 15) is 9.90 Å². The molecule has 0 aliphatic rings. The van der Waals surface area contributed by atoms with Crippen molar-refractivity contribution in [2.75, 3.05) is 33.8 Å². The number of carbonyl (C=O) groups excluding carboxylic acids is 1. The minimum atomic E-state index is -0.957. The molecule has 1 aromatic carbocycles. The highest BCUT2D eigenvalue weighted by Gasteiger charge is 2.22. The fourth-order valence-corrected chi connectivity index (χ4v) is 2.08. The molecule has 0 spiro atoms. The van der Waals surface area contributed by atoms with E-state index in [1.807, 2.05) is 43.3 Å². The number of benzene rings is 1. The van der Waals surface area contributed by atoms with Crippen LogP contribution in [0.5, 0.6) is 5.75 Å². The molecule has 0 radical (unpaired) electrons. The number of amides is 1. The summed E-state index contributed by atoms with van der Waals surface area (Å²) in [5, 5.41) is 12.8. The lowest BCUT2D eigenvalue weighted by atomic mass is 10.1. The molecular formula is C16H26N2O3. The zero-order valence-corrected chi connectivity index (χ0v) is 13.3. The maximum atomic E-state index is 11.7. The molecule has 2 N–H and O–H groups in total.